The van der Waals surface area contributed by atoms with Gasteiger partial charge in [0.25, 0.3) is 6.43 Å². The van der Waals surface area contributed by atoms with E-state index in [1.165, 1.54) is 7.11 Å². The Bertz CT molecular complexity index is 357. The molecule has 1 heterocycles. The highest BCUT2D eigenvalue weighted by Crippen LogP contribution is 2.34. The summed E-state index contributed by atoms with van der Waals surface area (Å²) in [6.45, 7) is 0. The molecule has 0 atom stereocenters. The van der Waals surface area contributed by atoms with E-state index in [0.717, 1.165) is 6.20 Å². The molecule has 0 saturated heterocycles. The maximum atomic E-state index is 12.5. The van der Waals surface area contributed by atoms with E-state index in [-0.39, 0.29) is 22.8 Å². The van der Waals surface area contributed by atoms with Gasteiger partial charge >= 0.3 is 0 Å². The van der Waals surface area contributed by atoms with Crippen molar-refractivity contribution in [3.05, 3.63) is 22.3 Å². The quantitative estimate of drug-likeness (QED) is 0.736. The summed E-state index contributed by atoms with van der Waals surface area (Å²) < 4.78 is 29.6. The molecule has 0 fully saturated rings. The highest BCUT2D eigenvalue weighted by atomic mass is 35.5. The minimum atomic E-state index is -2.83. The number of methoxy groups -OCH3 is 1. The molecule has 0 aromatic carbocycles. The Morgan fingerprint density at radius 3 is 2.71 bits per heavy atom. The smallest absolute Gasteiger partial charge is 0.266 e. The number of pyridine rings is 1. The number of ether oxygens (including phenoxy) is 1. The molecule has 14 heavy (non-hydrogen) atoms. The van der Waals surface area contributed by atoms with Crippen molar-refractivity contribution in [2.45, 2.75) is 6.43 Å². The average Bonchev–Trinajstić information content (AvgIpc) is 2.16. The maximum absolute atomic E-state index is 12.5. The number of carbonyl (C=O) groups is 1. The Hall–Kier alpha value is -1.23. The highest BCUT2D eigenvalue weighted by molar-refractivity contribution is 6.33. The van der Waals surface area contributed by atoms with Gasteiger partial charge in [0.2, 0.25) is 5.88 Å². The monoisotopic (exact) mass is 221 g/mol. The molecule has 76 valence electrons. The van der Waals surface area contributed by atoms with Crippen LogP contribution in [-0.4, -0.2) is 18.4 Å². The van der Waals surface area contributed by atoms with Crippen LogP contribution in [0.5, 0.6) is 5.88 Å². The van der Waals surface area contributed by atoms with Crippen LogP contribution in [0.15, 0.2) is 6.20 Å². The fourth-order valence-corrected chi connectivity index (χ4v) is 1.27. The van der Waals surface area contributed by atoms with Gasteiger partial charge in [-0.1, -0.05) is 11.6 Å². The summed E-state index contributed by atoms with van der Waals surface area (Å²) >= 11 is 5.56. The number of rotatable bonds is 3. The molecular formula is C8H6ClF2NO2. The van der Waals surface area contributed by atoms with Crippen LogP contribution in [0, 0.1) is 0 Å². The Balaban J connectivity index is 3.38. The number of halogens is 3. The molecule has 0 aliphatic rings. The van der Waals surface area contributed by atoms with Crippen LogP contribution in [0.3, 0.4) is 0 Å². The molecular weight excluding hydrogens is 216 g/mol. The maximum Gasteiger partial charge on any atom is 0.266 e. The Morgan fingerprint density at radius 1 is 1.64 bits per heavy atom. The Morgan fingerprint density at radius 2 is 2.29 bits per heavy atom. The number of aromatic nitrogens is 1. The summed E-state index contributed by atoms with van der Waals surface area (Å²) in [6, 6.07) is 0. The molecule has 0 aliphatic heterocycles. The third kappa shape index (κ3) is 1.82. The van der Waals surface area contributed by atoms with Crippen LogP contribution in [0.1, 0.15) is 22.3 Å². The second-order valence-corrected chi connectivity index (χ2v) is 2.75. The summed E-state index contributed by atoms with van der Waals surface area (Å²) in [5, 5.41) is -0.327. The molecule has 6 heteroatoms. The third-order valence-electron chi connectivity index (χ3n) is 1.59. The standard InChI is InChI=1S/C8H6ClF2NO2/c1-14-8-6(9)5(7(10)11)4(3-13)2-12-8/h2-3,7H,1H3. The first-order chi connectivity index (χ1) is 6.61. The minimum Gasteiger partial charge on any atom is -0.480 e. The molecule has 1 aromatic rings. The van der Waals surface area contributed by atoms with E-state index < -0.39 is 12.0 Å². The largest absolute Gasteiger partial charge is 0.480 e. The van der Waals surface area contributed by atoms with E-state index in [4.69, 9.17) is 11.6 Å². The lowest BCUT2D eigenvalue weighted by Gasteiger charge is -2.08. The summed E-state index contributed by atoms with van der Waals surface area (Å²) in [6.07, 6.45) is -1.56. The summed E-state index contributed by atoms with van der Waals surface area (Å²) in [5.74, 6) is -0.118. The first kappa shape index (κ1) is 10.8. The molecule has 0 radical (unpaired) electrons. The van der Waals surface area contributed by atoms with Crippen LogP contribution < -0.4 is 4.74 Å². The predicted octanol–water partition coefficient (Wildman–Crippen LogP) is 2.49. The van der Waals surface area contributed by atoms with Gasteiger partial charge in [-0.2, -0.15) is 0 Å². The molecule has 1 aromatic heterocycles. The lowest BCUT2D eigenvalue weighted by molar-refractivity contribution is 0.110. The van der Waals surface area contributed by atoms with Crippen molar-refractivity contribution in [2.24, 2.45) is 0 Å². The van der Waals surface area contributed by atoms with Gasteiger partial charge in [-0.05, 0) is 0 Å². The van der Waals surface area contributed by atoms with Gasteiger partial charge in [0.05, 0.1) is 12.7 Å². The molecule has 0 bridgehead atoms. The second kappa shape index (κ2) is 4.32. The van der Waals surface area contributed by atoms with Crippen LogP contribution in [0.25, 0.3) is 0 Å². The predicted molar refractivity (Wildman–Crippen MR) is 46.1 cm³/mol. The second-order valence-electron chi connectivity index (χ2n) is 2.37. The SMILES string of the molecule is COc1ncc(C=O)c(C(F)F)c1Cl. The molecule has 0 amide bonds. The van der Waals surface area contributed by atoms with Crippen molar-refractivity contribution in [3.8, 4) is 5.88 Å². The van der Waals surface area contributed by atoms with Crippen molar-refractivity contribution in [3.63, 3.8) is 0 Å². The topological polar surface area (TPSA) is 39.2 Å². The van der Waals surface area contributed by atoms with Gasteiger partial charge in [-0.3, -0.25) is 4.79 Å². The van der Waals surface area contributed by atoms with E-state index in [1.807, 2.05) is 0 Å². The highest BCUT2D eigenvalue weighted by Gasteiger charge is 2.21. The van der Waals surface area contributed by atoms with Gasteiger partial charge in [-0.25, -0.2) is 13.8 Å². The molecule has 0 spiro atoms. The van der Waals surface area contributed by atoms with Gasteiger partial charge in [-0.15, -0.1) is 0 Å². The molecule has 0 aliphatic carbocycles. The van der Waals surface area contributed by atoms with E-state index >= 15 is 0 Å². The van der Waals surface area contributed by atoms with Crippen molar-refractivity contribution in [1.82, 2.24) is 4.98 Å². The van der Waals surface area contributed by atoms with Gasteiger partial charge in [0.1, 0.15) is 5.02 Å². The molecule has 3 nitrogen and oxygen atoms in total. The van der Waals surface area contributed by atoms with Crippen molar-refractivity contribution in [1.29, 1.82) is 0 Å². The summed E-state index contributed by atoms with van der Waals surface area (Å²) in [5.41, 5.74) is -0.778. The first-order valence-corrected chi connectivity index (χ1v) is 3.95. The van der Waals surface area contributed by atoms with E-state index in [0.29, 0.717) is 0 Å². The lowest BCUT2D eigenvalue weighted by Crippen LogP contribution is -1.99. The summed E-state index contributed by atoms with van der Waals surface area (Å²) in [4.78, 5) is 14.0. The Kier molecular flexibility index (Phi) is 3.35. The zero-order valence-electron chi connectivity index (χ0n) is 7.13. The van der Waals surface area contributed by atoms with Crippen LogP contribution in [0.2, 0.25) is 5.02 Å². The van der Waals surface area contributed by atoms with Gasteiger partial charge in [0.15, 0.2) is 6.29 Å². The van der Waals surface area contributed by atoms with E-state index in [9.17, 15) is 13.6 Å². The first-order valence-electron chi connectivity index (χ1n) is 3.57. The fraction of sp³-hybridized carbons (Fsp3) is 0.250. The molecule has 0 N–H and O–H groups in total. The van der Waals surface area contributed by atoms with Crippen LogP contribution in [-0.2, 0) is 0 Å². The number of nitrogens with zero attached hydrogens (tertiary/aromatic N) is 1. The number of hydrogen-bond acceptors (Lipinski definition) is 3. The summed E-state index contributed by atoms with van der Waals surface area (Å²) in [7, 11) is 1.25. The zero-order valence-corrected chi connectivity index (χ0v) is 7.89. The van der Waals surface area contributed by atoms with Crippen molar-refractivity contribution in [2.75, 3.05) is 7.11 Å². The van der Waals surface area contributed by atoms with Crippen LogP contribution >= 0.6 is 11.6 Å². The number of aldehydes is 1. The Labute approximate surface area is 83.7 Å². The van der Waals surface area contributed by atoms with Crippen LogP contribution in [0.4, 0.5) is 8.78 Å². The zero-order chi connectivity index (χ0) is 10.7. The number of hydrogen-bond donors (Lipinski definition) is 0. The van der Waals surface area contributed by atoms with Gasteiger partial charge < -0.3 is 4.74 Å². The normalized spacial score (nSPS) is 10.4. The number of alkyl halides is 2. The molecule has 0 saturated carbocycles. The lowest BCUT2D eigenvalue weighted by atomic mass is 10.1. The van der Waals surface area contributed by atoms with E-state index in [2.05, 4.69) is 9.72 Å². The van der Waals surface area contributed by atoms with Gasteiger partial charge in [0, 0.05) is 11.8 Å². The molecule has 1 rings (SSSR count). The third-order valence-corrected chi connectivity index (χ3v) is 1.96. The fourth-order valence-electron chi connectivity index (χ4n) is 0.954. The average molecular weight is 222 g/mol. The number of carbonyl (C=O) groups excluding carboxylic acids is 1. The van der Waals surface area contributed by atoms with E-state index in [1.54, 1.807) is 0 Å². The van der Waals surface area contributed by atoms with Crippen molar-refractivity contribution >= 4 is 17.9 Å². The molecule has 0 unspecified atom stereocenters. The van der Waals surface area contributed by atoms with Crippen molar-refractivity contribution < 1.29 is 18.3 Å². The minimum absolute atomic E-state index is 0.118.